The van der Waals surface area contributed by atoms with E-state index in [1.54, 1.807) is 0 Å². The average molecular weight is 329 g/mol. The van der Waals surface area contributed by atoms with Gasteiger partial charge in [-0.3, -0.25) is 0 Å². The van der Waals surface area contributed by atoms with Crippen LogP contribution in [0.4, 0.5) is 20.3 Å². The first kappa shape index (κ1) is 15.4. The predicted octanol–water partition coefficient (Wildman–Crippen LogP) is 4.68. The summed E-state index contributed by atoms with van der Waals surface area (Å²) in [5.74, 6) is 0.146. The van der Waals surface area contributed by atoms with E-state index < -0.39 is 11.6 Å². The van der Waals surface area contributed by atoms with E-state index in [9.17, 15) is 8.78 Å². The summed E-state index contributed by atoms with van der Waals surface area (Å²) in [5.41, 5.74) is 1.74. The highest BCUT2D eigenvalue weighted by atomic mass is 19.1. The van der Waals surface area contributed by atoms with Crippen LogP contribution in [0.15, 0.2) is 36.5 Å². The van der Waals surface area contributed by atoms with Crippen molar-refractivity contribution in [1.29, 1.82) is 0 Å². The van der Waals surface area contributed by atoms with E-state index in [1.165, 1.54) is 31.4 Å². The highest BCUT2D eigenvalue weighted by Crippen LogP contribution is 2.39. The van der Waals surface area contributed by atoms with Crippen molar-refractivity contribution in [3.63, 3.8) is 0 Å². The van der Waals surface area contributed by atoms with Gasteiger partial charge in [0.2, 0.25) is 0 Å². The molecule has 0 radical (unpaired) electrons. The number of halogens is 2. The second-order valence-corrected chi connectivity index (χ2v) is 6.92. The lowest BCUT2D eigenvalue weighted by molar-refractivity contribution is 0.371. The van der Waals surface area contributed by atoms with Gasteiger partial charge in [-0.25, -0.2) is 13.8 Å². The summed E-state index contributed by atoms with van der Waals surface area (Å²) in [4.78, 5) is 4.44. The highest BCUT2D eigenvalue weighted by molar-refractivity contribution is 5.49. The SMILES string of the molecule is Fc1cc(F)cc(C2CC(Nc3ccc(NC4CCC4)nc3)C2)c1. The third-order valence-corrected chi connectivity index (χ3v) is 5.09. The number of benzene rings is 1. The smallest absolute Gasteiger partial charge is 0.126 e. The number of rotatable bonds is 5. The maximum Gasteiger partial charge on any atom is 0.126 e. The van der Waals surface area contributed by atoms with E-state index in [2.05, 4.69) is 15.6 Å². The zero-order chi connectivity index (χ0) is 16.5. The van der Waals surface area contributed by atoms with E-state index in [-0.39, 0.29) is 5.92 Å². The molecule has 1 aromatic heterocycles. The molecule has 1 heterocycles. The monoisotopic (exact) mass is 329 g/mol. The number of hydrogen-bond acceptors (Lipinski definition) is 3. The summed E-state index contributed by atoms with van der Waals surface area (Å²) < 4.78 is 26.6. The van der Waals surface area contributed by atoms with E-state index >= 15 is 0 Å². The zero-order valence-electron chi connectivity index (χ0n) is 13.4. The summed E-state index contributed by atoms with van der Waals surface area (Å²) in [6.45, 7) is 0. The maximum absolute atomic E-state index is 13.3. The fourth-order valence-electron chi connectivity index (χ4n) is 3.38. The lowest BCUT2D eigenvalue weighted by Gasteiger charge is -2.37. The first-order valence-electron chi connectivity index (χ1n) is 8.61. The van der Waals surface area contributed by atoms with Crippen molar-refractivity contribution in [3.05, 3.63) is 53.7 Å². The lowest BCUT2D eigenvalue weighted by atomic mass is 9.76. The molecule has 5 heteroatoms. The molecule has 0 spiro atoms. The molecule has 2 aliphatic rings. The molecular weight excluding hydrogens is 308 g/mol. The molecule has 0 unspecified atom stereocenters. The van der Waals surface area contributed by atoms with Crippen molar-refractivity contribution in [2.24, 2.45) is 0 Å². The molecule has 0 bridgehead atoms. The third-order valence-electron chi connectivity index (χ3n) is 5.09. The van der Waals surface area contributed by atoms with Crippen LogP contribution in [0.5, 0.6) is 0 Å². The first-order valence-corrected chi connectivity index (χ1v) is 8.61. The van der Waals surface area contributed by atoms with Crippen LogP contribution >= 0.6 is 0 Å². The Balaban J connectivity index is 1.29. The van der Waals surface area contributed by atoms with Gasteiger partial charge in [0.1, 0.15) is 17.5 Å². The molecule has 24 heavy (non-hydrogen) atoms. The van der Waals surface area contributed by atoms with Crippen molar-refractivity contribution in [3.8, 4) is 0 Å². The first-order chi connectivity index (χ1) is 11.7. The third kappa shape index (κ3) is 3.35. The Morgan fingerprint density at radius 3 is 2.25 bits per heavy atom. The normalized spacial score (nSPS) is 23.2. The van der Waals surface area contributed by atoms with Crippen molar-refractivity contribution >= 4 is 11.5 Å². The molecule has 126 valence electrons. The Bertz CT molecular complexity index is 687. The summed E-state index contributed by atoms with van der Waals surface area (Å²) in [6, 6.07) is 8.73. The predicted molar refractivity (Wildman–Crippen MR) is 91.2 cm³/mol. The van der Waals surface area contributed by atoms with Gasteiger partial charge in [-0.05, 0) is 67.9 Å². The molecule has 4 rings (SSSR count). The summed E-state index contributed by atoms with van der Waals surface area (Å²) in [5, 5.41) is 6.85. The van der Waals surface area contributed by atoms with Crippen LogP contribution in [0.1, 0.15) is 43.6 Å². The topological polar surface area (TPSA) is 37.0 Å². The molecular formula is C19H21F2N3. The molecule has 2 saturated carbocycles. The molecule has 0 aliphatic heterocycles. The van der Waals surface area contributed by atoms with Crippen molar-refractivity contribution < 1.29 is 8.78 Å². The molecule has 0 saturated heterocycles. The van der Waals surface area contributed by atoms with Crippen molar-refractivity contribution in [2.75, 3.05) is 10.6 Å². The van der Waals surface area contributed by atoms with Crippen LogP contribution in [-0.4, -0.2) is 17.1 Å². The summed E-state index contributed by atoms with van der Waals surface area (Å²) >= 11 is 0. The largest absolute Gasteiger partial charge is 0.381 e. The van der Waals surface area contributed by atoms with Crippen molar-refractivity contribution in [2.45, 2.75) is 50.1 Å². The minimum atomic E-state index is -0.500. The van der Waals surface area contributed by atoms with Crippen LogP contribution in [0.25, 0.3) is 0 Å². The summed E-state index contributed by atoms with van der Waals surface area (Å²) in [6.07, 6.45) is 7.36. The Morgan fingerprint density at radius 1 is 0.917 bits per heavy atom. The van der Waals surface area contributed by atoms with Crippen LogP contribution in [0, 0.1) is 11.6 Å². The van der Waals surface area contributed by atoms with Crippen LogP contribution in [0.2, 0.25) is 0 Å². The van der Waals surface area contributed by atoms with E-state index in [0.717, 1.165) is 36.0 Å². The van der Waals surface area contributed by atoms with Gasteiger partial charge in [0.05, 0.1) is 11.9 Å². The average Bonchev–Trinajstić information content (AvgIpc) is 2.46. The Hall–Kier alpha value is -2.17. The second-order valence-electron chi connectivity index (χ2n) is 6.92. The van der Waals surface area contributed by atoms with Gasteiger partial charge in [0, 0.05) is 18.2 Å². The molecule has 2 N–H and O–H groups in total. The quantitative estimate of drug-likeness (QED) is 0.836. The Kier molecular flexibility index (Phi) is 4.08. The summed E-state index contributed by atoms with van der Waals surface area (Å²) in [7, 11) is 0. The highest BCUT2D eigenvalue weighted by Gasteiger charge is 2.30. The van der Waals surface area contributed by atoms with Gasteiger partial charge in [-0.2, -0.15) is 0 Å². The molecule has 1 aromatic carbocycles. The second kappa shape index (κ2) is 6.38. The number of hydrogen-bond donors (Lipinski definition) is 2. The van der Waals surface area contributed by atoms with Crippen LogP contribution < -0.4 is 10.6 Å². The van der Waals surface area contributed by atoms with Gasteiger partial charge in [-0.1, -0.05) is 0 Å². The van der Waals surface area contributed by atoms with Gasteiger partial charge in [-0.15, -0.1) is 0 Å². The minimum Gasteiger partial charge on any atom is -0.381 e. The number of pyridine rings is 1. The number of nitrogens with one attached hydrogen (secondary N) is 2. The number of aromatic nitrogens is 1. The van der Waals surface area contributed by atoms with Crippen molar-refractivity contribution in [1.82, 2.24) is 4.98 Å². The minimum absolute atomic E-state index is 0.222. The fourth-order valence-corrected chi connectivity index (χ4v) is 3.38. The van der Waals surface area contributed by atoms with Crippen LogP contribution in [-0.2, 0) is 0 Å². The Labute approximate surface area is 140 Å². The van der Waals surface area contributed by atoms with E-state index in [4.69, 9.17) is 0 Å². The zero-order valence-corrected chi connectivity index (χ0v) is 13.4. The lowest BCUT2D eigenvalue weighted by Crippen LogP contribution is -2.34. The molecule has 0 amide bonds. The van der Waals surface area contributed by atoms with Gasteiger partial charge < -0.3 is 10.6 Å². The van der Waals surface area contributed by atoms with Gasteiger partial charge in [0.25, 0.3) is 0 Å². The molecule has 2 aliphatic carbocycles. The maximum atomic E-state index is 13.3. The van der Waals surface area contributed by atoms with E-state index in [0.29, 0.717) is 12.1 Å². The number of anilines is 2. The molecule has 3 nitrogen and oxygen atoms in total. The molecule has 0 atom stereocenters. The van der Waals surface area contributed by atoms with Gasteiger partial charge in [0.15, 0.2) is 0 Å². The van der Waals surface area contributed by atoms with E-state index in [1.807, 2.05) is 18.3 Å². The molecule has 2 aromatic rings. The molecule has 2 fully saturated rings. The standard InChI is InChI=1S/C19H21F2N3/c20-14-6-12(7-15(21)10-14)13-8-18(9-13)23-17-4-5-19(22-11-17)24-16-2-1-3-16/h4-7,10-11,13,16,18,23H,1-3,8-9H2,(H,22,24). The Morgan fingerprint density at radius 2 is 1.67 bits per heavy atom. The van der Waals surface area contributed by atoms with Crippen LogP contribution in [0.3, 0.4) is 0 Å². The number of nitrogens with zero attached hydrogens (tertiary/aromatic N) is 1. The van der Waals surface area contributed by atoms with Gasteiger partial charge >= 0.3 is 0 Å². The fraction of sp³-hybridized carbons (Fsp3) is 0.421.